The first-order chi connectivity index (χ1) is 13.0. The van der Waals surface area contributed by atoms with E-state index in [1.807, 2.05) is 18.2 Å². The highest BCUT2D eigenvalue weighted by molar-refractivity contribution is 6.30. The highest BCUT2D eigenvalue weighted by Gasteiger charge is 2.34. The van der Waals surface area contributed by atoms with Gasteiger partial charge in [-0.2, -0.15) is 0 Å². The number of benzene rings is 3. The third-order valence-corrected chi connectivity index (χ3v) is 4.48. The van der Waals surface area contributed by atoms with Crippen LogP contribution in [0.1, 0.15) is 31.8 Å². The number of rotatable bonds is 3. The van der Waals surface area contributed by atoms with Crippen molar-refractivity contribution < 1.29 is 24.5 Å². The fourth-order valence-corrected chi connectivity index (χ4v) is 3.19. The Labute approximate surface area is 154 Å². The van der Waals surface area contributed by atoms with Crippen LogP contribution in [0.3, 0.4) is 0 Å². The number of phenolic OH excluding ortho intramolecular Hbond substituents is 2. The second-order valence-corrected chi connectivity index (χ2v) is 6.13. The van der Waals surface area contributed by atoms with E-state index in [4.69, 9.17) is 4.74 Å². The zero-order valence-electron chi connectivity index (χ0n) is 14.3. The summed E-state index contributed by atoms with van der Waals surface area (Å²) in [6.45, 7) is 0. The summed E-state index contributed by atoms with van der Waals surface area (Å²) in [6, 6.07) is 14.4. The van der Waals surface area contributed by atoms with Crippen molar-refractivity contribution >= 4 is 22.9 Å². The Bertz CT molecular complexity index is 1100. The minimum Gasteiger partial charge on any atom is -0.507 e. The van der Waals surface area contributed by atoms with Crippen LogP contribution in [0.25, 0.3) is 0 Å². The van der Waals surface area contributed by atoms with Crippen LogP contribution >= 0.6 is 0 Å². The maximum absolute atomic E-state index is 12.9. The molecule has 27 heavy (non-hydrogen) atoms. The summed E-state index contributed by atoms with van der Waals surface area (Å²) in [5.41, 5.74) is 1.37. The molecule has 0 unspecified atom stereocenters. The van der Waals surface area contributed by atoms with Crippen LogP contribution in [0.5, 0.6) is 17.2 Å². The molecular weight excluding hydrogens is 346 g/mol. The van der Waals surface area contributed by atoms with Crippen molar-refractivity contribution in [2.45, 2.75) is 0 Å². The smallest absolute Gasteiger partial charge is 0.198 e. The molecule has 0 fully saturated rings. The van der Waals surface area contributed by atoms with Gasteiger partial charge in [-0.05, 0) is 42.5 Å². The number of fused-ring (bicyclic) bond motifs is 2. The SMILES string of the molecule is COc1cccc(Nc2ccc3c(c2)C(=O)c2c(O)ccc(O)c2C3=O)c1. The zero-order chi connectivity index (χ0) is 19.1. The number of methoxy groups -OCH3 is 1. The number of hydrogen-bond donors (Lipinski definition) is 3. The minimum atomic E-state index is -0.512. The lowest BCUT2D eigenvalue weighted by Gasteiger charge is -2.20. The van der Waals surface area contributed by atoms with Gasteiger partial charge in [-0.1, -0.05) is 6.07 Å². The molecular formula is C21H15NO5. The van der Waals surface area contributed by atoms with Crippen LogP contribution < -0.4 is 10.1 Å². The summed E-state index contributed by atoms with van der Waals surface area (Å²) in [4.78, 5) is 25.6. The summed E-state index contributed by atoms with van der Waals surface area (Å²) in [6.07, 6.45) is 0. The maximum Gasteiger partial charge on any atom is 0.198 e. The van der Waals surface area contributed by atoms with E-state index in [1.165, 1.54) is 18.2 Å². The highest BCUT2D eigenvalue weighted by Crippen LogP contribution is 2.38. The third kappa shape index (κ3) is 2.67. The van der Waals surface area contributed by atoms with Crippen molar-refractivity contribution in [2.24, 2.45) is 0 Å². The Hall–Kier alpha value is -3.80. The van der Waals surface area contributed by atoms with Gasteiger partial charge in [0.1, 0.15) is 17.2 Å². The van der Waals surface area contributed by atoms with Gasteiger partial charge in [0, 0.05) is 28.6 Å². The van der Waals surface area contributed by atoms with Crippen LogP contribution in [0.4, 0.5) is 11.4 Å². The fraction of sp³-hybridized carbons (Fsp3) is 0.0476. The van der Waals surface area contributed by atoms with Gasteiger partial charge in [0.05, 0.1) is 18.2 Å². The van der Waals surface area contributed by atoms with Crippen LogP contribution in [0.15, 0.2) is 54.6 Å². The van der Waals surface area contributed by atoms with Gasteiger partial charge in [0.25, 0.3) is 0 Å². The summed E-state index contributed by atoms with van der Waals surface area (Å²) >= 11 is 0. The van der Waals surface area contributed by atoms with Crippen molar-refractivity contribution in [3.05, 3.63) is 76.9 Å². The Balaban J connectivity index is 1.77. The quantitative estimate of drug-likeness (QED) is 0.482. The first-order valence-corrected chi connectivity index (χ1v) is 8.19. The van der Waals surface area contributed by atoms with Crippen LogP contribution in [0.2, 0.25) is 0 Å². The summed E-state index contributed by atoms with van der Waals surface area (Å²) < 4.78 is 5.19. The number of ether oxygens (including phenoxy) is 1. The lowest BCUT2D eigenvalue weighted by atomic mass is 9.83. The number of aromatic hydroxyl groups is 2. The standard InChI is InChI=1S/C21H15NO5/c1-27-13-4-2-3-11(9-13)22-12-5-6-14-15(10-12)21(26)19-17(24)8-7-16(23)18(19)20(14)25/h2-10,22-24H,1H3. The monoisotopic (exact) mass is 361 g/mol. The molecule has 0 spiro atoms. The Morgan fingerprint density at radius 3 is 2.07 bits per heavy atom. The van der Waals surface area contributed by atoms with Crippen molar-refractivity contribution in [3.63, 3.8) is 0 Å². The van der Waals surface area contributed by atoms with E-state index in [2.05, 4.69) is 5.32 Å². The van der Waals surface area contributed by atoms with Crippen LogP contribution in [-0.4, -0.2) is 28.9 Å². The van der Waals surface area contributed by atoms with Gasteiger partial charge in [-0.25, -0.2) is 0 Å². The van der Waals surface area contributed by atoms with Crippen LogP contribution in [-0.2, 0) is 0 Å². The predicted molar refractivity (Wildman–Crippen MR) is 99.4 cm³/mol. The molecule has 6 nitrogen and oxygen atoms in total. The summed E-state index contributed by atoms with van der Waals surface area (Å²) in [5, 5.41) is 23.2. The molecule has 0 aliphatic heterocycles. The van der Waals surface area contributed by atoms with Gasteiger partial charge in [0.15, 0.2) is 11.6 Å². The molecule has 0 saturated carbocycles. The average molecular weight is 361 g/mol. The minimum absolute atomic E-state index is 0.166. The van der Waals surface area contributed by atoms with Gasteiger partial charge in [0.2, 0.25) is 0 Å². The number of nitrogens with one attached hydrogen (secondary N) is 1. The largest absolute Gasteiger partial charge is 0.507 e. The number of anilines is 2. The van der Waals surface area contributed by atoms with E-state index < -0.39 is 11.6 Å². The molecule has 3 N–H and O–H groups in total. The lowest BCUT2D eigenvalue weighted by Crippen LogP contribution is -2.21. The molecule has 0 aromatic heterocycles. The van der Waals surface area contributed by atoms with Crippen molar-refractivity contribution in [3.8, 4) is 17.2 Å². The molecule has 0 heterocycles. The van der Waals surface area contributed by atoms with E-state index in [0.29, 0.717) is 11.4 Å². The van der Waals surface area contributed by atoms with E-state index in [0.717, 1.165) is 5.69 Å². The molecule has 4 rings (SSSR count). The molecule has 0 radical (unpaired) electrons. The Kier molecular flexibility index (Phi) is 3.81. The second kappa shape index (κ2) is 6.17. The summed E-state index contributed by atoms with van der Waals surface area (Å²) in [5.74, 6) is -0.995. The summed E-state index contributed by atoms with van der Waals surface area (Å²) in [7, 11) is 1.57. The first-order valence-electron chi connectivity index (χ1n) is 8.19. The van der Waals surface area contributed by atoms with Crippen molar-refractivity contribution in [1.82, 2.24) is 0 Å². The predicted octanol–water partition coefficient (Wildman–Crippen LogP) is 3.63. The first kappa shape index (κ1) is 16.7. The van der Waals surface area contributed by atoms with Crippen LogP contribution in [0, 0.1) is 0 Å². The topological polar surface area (TPSA) is 95.9 Å². The molecule has 3 aromatic carbocycles. The fourth-order valence-electron chi connectivity index (χ4n) is 3.19. The molecule has 0 saturated heterocycles. The molecule has 0 bridgehead atoms. The molecule has 134 valence electrons. The molecule has 6 heteroatoms. The number of hydrogen-bond acceptors (Lipinski definition) is 6. The third-order valence-electron chi connectivity index (χ3n) is 4.48. The number of phenols is 2. The van der Waals surface area contributed by atoms with Crippen molar-refractivity contribution in [1.29, 1.82) is 0 Å². The number of carbonyl (C=O) groups excluding carboxylic acids is 2. The molecule has 3 aromatic rings. The molecule has 0 amide bonds. The Morgan fingerprint density at radius 2 is 1.41 bits per heavy atom. The average Bonchev–Trinajstić information content (AvgIpc) is 2.68. The second-order valence-electron chi connectivity index (χ2n) is 6.13. The van der Waals surface area contributed by atoms with E-state index in [9.17, 15) is 19.8 Å². The normalized spacial score (nSPS) is 12.3. The van der Waals surface area contributed by atoms with Gasteiger partial charge in [-0.3, -0.25) is 9.59 Å². The van der Waals surface area contributed by atoms with E-state index in [1.54, 1.807) is 25.3 Å². The lowest BCUT2D eigenvalue weighted by molar-refractivity contribution is 0.0974. The number of carbonyl (C=O) groups is 2. The molecule has 1 aliphatic carbocycles. The van der Waals surface area contributed by atoms with Crippen molar-refractivity contribution in [2.75, 3.05) is 12.4 Å². The zero-order valence-corrected chi connectivity index (χ0v) is 14.3. The Morgan fingerprint density at radius 1 is 0.778 bits per heavy atom. The van der Waals surface area contributed by atoms with E-state index >= 15 is 0 Å². The molecule has 0 atom stereocenters. The maximum atomic E-state index is 12.9. The van der Waals surface area contributed by atoms with E-state index in [-0.39, 0.29) is 33.8 Å². The highest BCUT2D eigenvalue weighted by atomic mass is 16.5. The van der Waals surface area contributed by atoms with Gasteiger partial charge >= 0.3 is 0 Å². The van der Waals surface area contributed by atoms with Gasteiger partial charge < -0.3 is 20.3 Å². The van der Waals surface area contributed by atoms with Gasteiger partial charge in [-0.15, -0.1) is 0 Å². The number of ketones is 2. The molecule has 1 aliphatic rings.